The van der Waals surface area contributed by atoms with Gasteiger partial charge in [-0.3, -0.25) is 14.9 Å². The zero-order valence-corrected chi connectivity index (χ0v) is 15.6. The zero-order chi connectivity index (χ0) is 17.3. The monoisotopic (exact) mass is 471 g/mol. The molecule has 0 bridgehead atoms. The van der Waals surface area contributed by atoms with Crippen molar-refractivity contribution in [1.82, 2.24) is 5.43 Å². The molecule has 0 unspecified atom stereocenters. The molecule has 122 valence electrons. The molecule has 0 aliphatic carbocycles. The molecule has 10 heteroatoms. The summed E-state index contributed by atoms with van der Waals surface area (Å²) in [5, 5.41) is 15.2. The van der Waals surface area contributed by atoms with E-state index in [1.165, 1.54) is 29.7 Å². The van der Waals surface area contributed by atoms with Crippen molar-refractivity contribution in [3.63, 3.8) is 0 Å². The molecule has 3 rings (SSSR count). The fraction of sp³-hybridized carbons (Fsp3) is 0. The van der Waals surface area contributed by atoms with Crippen molar-refractivity contribution >= 4 is 71.1 Å². The highest BCUT2D eigenvalue weighted by atomic mass is 79.9. The van der Waals surface area contributed by atoms with E-state index in [1.54, 1.807) is 18.2 Å². The molecular formula is C14H7Br2N3O4S. The van der Waals surface area contributed by atoms with Gasteiger partial charge in [0, 0.05) is 28.3 Å². The fourth-order valence-electron chi connectivity index (χ4n) is 1.89. The second-order valence-electron chi connectivity index (χ2n) is 4.56. The van der Waals surface area contributed by atoms with Gasteiger partial charge < -0.3 is 4.42 Å². The largest absolute Gasteiger partial charge is 0.447 e. The van der Waals surface area contributed by atoms with Crippen LogP contribution in [0.4, 0.5) is 5.69 Å². The van der Waals surface area contributed by atoms with Crippen LogP contribution < -0.4 is 5.43 Å². The van der Waals surface area contributed by atoms with Gasteiger partial charge in [-0.2, -0.15) is 5.10 Å². The Labute approximate surface area is 155 Å². The van der Waals surface area contributed by atoms with E-state index in [1.807, 2.05) is 0 Å². The number of nitro groups is 1. The number of halogens is 2. The first-order valence-electron chi connectivity index (χ1n) is 6.40. The quantitative estimate of drug-likeness (QED) is 0.338. The SMILES string of the molecule is O=C(N/N=C\c1cc(Br)c(Br)o1)c1cc2cc([N+](=O)[O-])ccc2s1. The molecule has 0 saturated carbocycles. The predicted molar refractivity (Wildman–Crippen MR) is 97.6 cm³/mol. The number of carbonyl (C=O) groups excluding carboxylic acids is 1. The Bertz CT molecular complexity index is 960. The van der Waals surface area contributed by atoms with Crippen molar-refractivity contribution in [3.8, 4) is 0 Å². The van der Waals surface area contributed by atoms with Crippen LogP contribution in [0.5, 0.6) is 0 Å². The summed E-state index contributed by atoms with van der Waals surface area (Å²) in [5.41, 5.74) is 2.38. The first-order chi connectivity index (χ1) is 11.4. The topological polar surface area (TPSA) is 97.7 Å². The normalized spacial score (nSPS) is 11.2. The number of nitrogens with zero attached hydrogens (tertiary/aromatic N) is 2. The number of hydrogen-bond acceptors (Lipinski definition) is 6. The summed E-state index contributed by atoms with van der Waals surface area (Å²) in [6, 6.07) is 7.75. The van der Waals surface area contributed by atoms with Crippen LogP contribution in [0.2, 0.25) is 0 Å². The lowest BCUT2D eigenvalue weighted by atomic mass is 10.2. The molecule has 0 aliphatic heterocycles. The summed E-state index contributed by atoms with van der Waals surface area (Å²) in [5.74, 6) is 0.0563. The van der Waals surface area contributed by atoms with Gasteiger partial charge in [-0.15, -0.1) is 11.3 Å². The average molecular weight is 473 g/mol. The number of hydrazone groups is 1. The third kappa shape index (κ3) is 3.55. The molecule has 0 spiro atoms. The number of nitro benzene ring substituents is 1. The van der Waals surface area contributed by atoms with Gasteiger partial charge in [-0.1, -0.05) is 0 Å². The van der Waals surface area contributed by atoms with E-state index in [0.717, 1.165) is 9.17 Å². The van der Waals surface area contributed by atoms with Crippen LogP contribution in [-0.2, 0) is 0 Å². The molecule has 0 radical (unpaired) electrons. The Kier molecular flexibility index (Phi) is 4.78. The summed E-state index contributed by atoms with van der Waals surface area (Å²) in [6.45, 7) is 0. The maximum Gasteiger partial charge on any atom is 0.281 e. The lowest BCUT2D eigenvalue weighted by Gasteiger charge is -1.93. The molecule has 0 fully saturated rings. The van der Waals surface area contributed by atoms with E-state index in [-0.39, 0.29) is 5.69 Å². The van der Waals surface area contributed by atoms with E-state index < -0.39 is 10.8 Å². The minimum Gasteiger partial charge on any atom is -0.447 e. The maximum atomic E-state index is 12.1. The molecule has 0 saturated heterocycles. The average Bonchev–Trinajstić information content (AvgIpc) is 3.10. The molecule has 2 aromatic heterocycles. The third-order valence-corrected chi connectivity index (χ3v) is 5.78. The molecule has 2 heterocycles. The Morgan fingerprint density at radius 2 is 2.12 bits per heavy atom. The Morgan fingerprint density at radius 3 is 2.79 bits per heavy atom. The zero-order valence-electron chi connectivity index (χ0n) is 11.7. The summed E-state index contributed by atoms with van der Waals surface area (Å²) in [6.07, 6.45) is 1.37. The second-order valence-corrected chi connectivity index (χ2v) is 7.22. The molecule has 7 nitrogen and oxygen atoms in total. The number of rotatable bonds is 4. The highest BCUT2D eigenvalue weighted by Gasteiger charge is 2.13. The molecule has 3 aromatic rings. The summed E-state index contributed by atoms with van der Waals surface area (Å²) in [4.78, 5) is 22.8. The van der Waals surface area contributed by atoms with Crippen molar-refractivity contribution in [1.29, 1.82) is 0 Å². The van der Waals surface area contributed by atoms with Crippen molar-refractivity contribution in [2.45, 2.75) is 0 Å². The number of furan rings is 1. The van der Waals surface area contributed by atoms with Gasteiger partial charge in [0.15, 0.2) is 4.67 Å². The lowest BCUT2D eigenvalue weighted by Crippen LogP contribution is -2.15. The summed E-state index contributed by atoms with van der Waals surface area (Å²) >= 11 is 7.71. The number of non-ortho nitro benzene ring substituents is 1. The second kappa shape index (κ2) is 6.83. The minimum absolute atomic E-state index is 0.0146. The van der Waals surface area contributed by atoms with Crippen molar-refractivity contribution in [2.75, 3.05) is 0 Å². The van der Waals surface area contributed by atoms with Gasteiger partial charge in [0.25, 0.3) is 11.6 Å². The molecule has 0 atom stereocenters. The molecule has 0 aliphatic rings. The number of carbonyl (C=O) groups is 1. The highest BCUT2D eigenvalue weighted by Crippen LogP contribution is 2.29. The molecule has 24 heavy (non-hydrogen) atoms. The highest BCUT2D eigenvalue weighted by molar-refractivity contribution is 9.13. The van der Waals surface area contributed by atoms with Crippen LogP contribution >= 0.6 is 43.2 Å². The summed E-state index contributed by atoms with van der Waals surface area (Å²) in [7, 11) is 0. The standard InChI is InChI=1S/C14H7Br2N3O4S/c15-10-5-9(23-13(10)16)6-17-18-14(20)12-4-7-3-8(19(21)22)1-2-11(7)24-12/h1-6H,(H,18,20)/b17-6-. The smallest absolute Gasteiger partial charge is 0.281 e. The number of fused-ring (bicyclic) bond motifs is 1. The van der Waals surface area contributed by atoms with Gasteiger partial charge in [0.2, 0.25) is 0 Å². The van der Waals surface area contributed by atoms with Gasteiger partial charge in [-0.05, 0) is 44.0 Å². The van der Waals surface area contributed by atoms with Crippen LogP contribution in [0.15, 0.2) is 49.0 Å². The Balaban J connectivity index is 1.75. The van der Waals surface area contributed by atoms with Gasteiger partial charge in [-0.25, -0.2) is 5.43 Å². The number of thiophene rings is 1. The Morgan fingerprint density at radius 1 is 1.33 bits per heavy atom. The first kappa shape index (κ1) is 16.8. The third-order valence-electron chi connectivity index (χ3n) is 2.96. The predicted octanol–water partition coefficient (Wildman–Crippen LogP) is 4.69. The van der Waals surface area contributed by atoms with Crippen LogP contribution in [0.1, 0.15) is 15.4 Å². The van der Waals surface area contributed by atoms with E-state index in [9.17, 15) is 14.9 Å². The van der Waals surface area contributed by atoms with E-state index in [4.69, 9.17) is 4.42 Å². The molecular weight excluding hydrogens is 466 g/mol. The van der Waals surface area contributed by atoms with E-state index in [2.05, 4.69) is 42.4 Å². The van der Waals surface area contributed by atoms with Crippen LogP contribution in [0.3, 0.4) is 0 Å². The number of benzene rings is 1. The minimum atomic E-state index is -0.471. The number of nitrogens with one attached hydrogen (secondary N) is 1. The fourth-order valence-corrected chi connectivity index (χ4v) is 3.43. The van der Waals surface area contributed by atoms with Crippen LogP contribution in [0.25, 0.3) is 10.1 Å². The number of hydrogen-bond donors (Lipinski definition) is 1. The molecule has 1 aromatic carbocycles. The van der Waals surface area contributed by atoms with Gasteiger partial charge >= 0.3 is 0 Å². The maximum absolute atomic E-state index is 12.1. The summed E-state index contributed by atoms with van der Waals surface area (Å²) < 4.78 is 7.35. The van der Waals surface area contributed by atoms with E-state index >= 15 is 0 Å². The van der Waals surface area contributed by atoms with Crippen molar-refractivity contribution < 1.29 is 14.1 Å². The first-order valence-corrected chi connectivity index (χ1v) is 8.80. The molecule has 1 amide bonds. The van der Waals surface area contributed by atoms with Crippen molar-refractivity contribution in [2.24, 2.45) is 5.10 Å². The van der Waals surface area contributed by atoms with Gasteiger partial charge in [0.05, 0.1) is 20.5 Å². The lowest BCUT2D eigenvalue weighted by molar-refractivity contribution is -0.384. The number of amides is 1. The Hall–Kier alpha value is -2.04. The van der Waals surface area contributed by atoms with Crippen LogP contribution in [-0.4, -0.2) is 17.0 Å². The van der Waals surface area contributed by atoms with Crippen LogP contribution in [0, 0.1) is 10.1 Å². The van der Waals surface area contributed by atoms with Gasteiger partial charge in [0.1, 0.15) is 5.76 Å². The molecule has 1 N–H and O–H groups in total. The van der Waals surface area contributed by atoms with Crippen molar-refractivity contribution in [3.05, 3.63) is 60.2 Å². The van der Waals surface area contributed by atoms with E-state index in [0.29, 0.717) is 20.7 Å².